The van der Waals surface area contributed by atoms with Gasteiger partial charge in [0.05, 0.1) is 11.6 Å². The van der Waals surface area contributed by atoms with Gasteiger partial charge in [0, 0.05) is 12.8 Å². The number of nitrogens with one attached hydrogen (secondary N) is 1. The maximum absolute atomic E-state index is 11.2. The average molecular weight is 246 g/mol. The molecule has 0 spiro atoms. The van der Waals surface area contributed by atoms with Crippen molar-refractivity contribution in [2.75, 3.05) is 0 Å². The first-order valence-corrected chi connectivity index (χ1v) is 5.93. The van der Waals surface area contributed by atoms with Crippen LogP contribution in [-0.4, -0.2) is 14.8 Å². The third kappa shape index (κ3) is 2.40. The van der Waals surface area contributed by atoms with Crippen LogP contribution in [0.1, 0.15) is 11.1 Å². The van der Waals surface area contributed by atoms with Crippen molar-refractivity contribution < 1.29 is 0 Å². The van der Waals surface area contributed by atoms with E-state index in [4.69, 9.17) is 5.26 Å². The fraction of sp³-hybridized carbons (Fsp3) is 0.182. The number of aromatic nitrogens is 3. The van der Waals surface area contributed by atoms with Crippen LogP contribution in [0.3, 0.4) is 0 Å². The Bertz CT molecular complexity index is 623. The lowest BCUT2D eigenvalue weighted by atomic mass is 10.1. The number of hydrogen-bond acceptors (Lipinski definition) is 4. The third-order valence-electron chi connectivity index (χ3n) is 2.33. The molecule has 0 amide bonds. The number of rotatable bonds is 3. The van der Waals surface area contributed by atoms with E-state index >= 15 is 0 Å². The second-order valence-electron chi connectivity index (χ2n) is 3.43. The van der Waals surface area contributed by atoms with Crippen LogP contribution < -0.4 is 5.69 Å². The maximum atomic E-state index is 11.2. The number of H-pyrrole nitrogens is 1. The Labute approximate surface area is 102 Å². The molecule has 0 radical (unpaired) electrons. The van der Waals surface area contributed by atoms with E-state index in [1.165, 1.54) is 16.3 Å². The summed E-state index contributed by atoms with van der Waals surface area (Å²) in [6.45, 7) is 0. The van der Waals surface area contributed by atoms with Gasteiger partial charge in [-0.15, -0.1) is 5.10 Å². The van der Waals surface area contributed by atoms with E-state index in [-0.39, 0.29) is 5.69 Å². The number of nitrogens with zero attached hydrogens (tertiary/aromatic N) is 3. The second kappa shape index (κ2) is 4.89. The monoisotopic (exact) mass is 246 g/mol. The predicted molar refractivity (Wildman–Crippen MR) is 64.5 cm³/mol. The number of hydrogen-bond donors (Lipinski definition) is 1. The Morgan fingerprint density at radius 1 is 1.53 bits per heavy atom. The molecule has 0 aliphatic carbocycles. The van der Waals surface area contributed by atoms with Gasteiger partial charge in [-0.05, 0) is 11.6 Å². The molecule has 1 aromatic heterocycles. The van der Waals surface area contributed by atoms with Crippen LogP contribution in [-0.2, 0) is 12.8 Å². The minimum Gasteiger partial charge on any atom is -0.273 e. The molecule has 1 aromatic carbocycles. The summed E-state index contributed by atoms with van der Waals surface area (Å²) in [6.07, 6.45) is 0. The van der Waals surface area contributed by atoms with Crippen LogP contribution in [0.4, 0.5) is 0 Å². The van der Waals surface area contributed by atoms with E-state index in [1.54, 1.807) is 13.1 Å². The highest BCUT2D eigenvalue weighted by Gasteiger charge is 2.07. The van der Waals surface area contributed by atoms with Gasteiger partial charge >= 0.3 is 5.69 Å². The summed E-state index contributed by atoms with van der Waals surface area (Å²) < 4.78 is 1.44. The molecule has 0 aliphatic heterocycles. The van der Waals surface area contributed by atoms with E-state index in [0.29, 0.717) is 16.5 Å². The fourth-order valence-corrected chi connectivity index (χ4v) is 2.28. The van der Waals surface area contributed by atoms with Crippen molar-refractivity contribution in [3.05, 3.63) is 45.9 Å². The van der Waals surface area contributed by atoms with Gasteiger partial charge in [-0.25, -0.2) is 9.89 Å². The molecule has 1 N–H and O–H groups in total. The van der Waals surface area contributed by atoms with Crippen LogP contribution in [0.2, 0.25) is 0 Å². The number of nitriles is 1. The van der Waals surface area contributed by atoms with Crippen molar-refractivity contribution in [1.29, 1.82) is 5.26 Å². The molecule has 0 fully saturated rings. The molecule has 1 heterocycles. The molecular weight excluding hydrogens is 236 g/mol. The van der Waals surface area contributed by atoms with E-state index < -0.39 is 0 Å². The minimum atomic E-state index is -0.235. The van der Waals surface area contributed by atoms with Gasteiger partial charge in [-0.1, -0.05) is 30.0 Å². The normalized spacial score (nSPS) is 10.1. The quantitative estimate of drug-likeness (QED) is 0.828. The SMILES string of the molecule is Cn1c(SCc2ccccc2C#N)n[nH]c1=O. The fourth-order valence-electron chi connectivity index (χ4n) is 1.36. The standard InChI is InChI=1S/C11H10N4OS/c1-15-10(16)13-14-11(15)17-7-9-5-3-2-4-8(9)6-12/h2-5H,7H2,1H3,(H,13,16). The Morgan fingerprint density at radius 3 is 2.94 bits per heavy atom. The van der Waals surface area contributed by atoms with Gasteiger partial charge in [0.2, 0.25) is 0 Å². The summed E-state index contributed by atoms with van der Waals surface area (Å²) in [7, 11) is 1.66. The molecule has 0 aliphatic rings. The Kier molecular flexibility index (Phi) is 3.30. The van der Waals surface area contributed by atoms with E-state index in [2.05, 4.69) is 16.3 Å². The van der Waals surface area contributed by atoms with Crippen LogP contribution in [0, 0.1) is 11.3 Å². The lowest BCUT2D eigenvalue weighted by molar-refractivity contribution is 0.766. The number of thioether (sulfide) groups is 1. The summed E-state index contributed by atoms with van der Waals surface area (Å²) in [5.41, 5.74) is 1.36. The molecule has 2 aromatic rings. The highest BCUT2D eigenvalue weighted by atomic mass is 32.2. The molecule has 17 heavy (non-hydrogen) atoms. The molecule has 0 atom stereocenters. The van der Waals surface area contributed by atoms with Crippen LogP contribution in [0.25, 0.3) is 0 Å². The lowest BCUT2D eigenvalue weighted by Gasteiger charge is -2.02. The van der Waals surface area contributed by atoms with E-state index in [1.807, 2.05) is 18.2 Å². The smallest absolute Gasteiger partial charge is 0.273 e. The summed E-state index contributed by atoms with van der Waals surface area (Å²) in [6, 6.07) is 9.54. The highest BCUT2D eigenvalue weighted by Crippen LogP contribution is 2.20. The molecule has 6 heteroatoms. The average Bonchev–Trinajstić information content (AvgIpc) is 2.68. The number of aromatic amines is 1. The van der Waals surface area contributed by atoms with E-state index in [9.17, 15) is 4.79 Å². The van der Waals surface area contributed by atoms with E-state index in [0.717, 1.165) is 5.56 Å². The second-order valence-corrected chi connectivity index (χ2v) is 4.37. The Hall–Kier alpha value is -2.00. The third-order valence-corrected chi connectivity index (χ3v) is 3.41. The predicted octanol–water partition coefficient (Wildman–Crippen LogP) is 1.27. The minimum absolute atomic E-state index is 0.235. The Morgan fingerprint density at radius 2 is 2.29 bits per heavy atom. The van der Waals surface area contributed by atoms with Crippen molar-refractivity contribution in [1.82, 2.24) is 14.8 Å². The topological polar surface area (TPSA) is 74.5 Å². The zero-order chi connectivity index (χ0) is 12.3. The summed E-state index contributed by atoms with van der Waals surface area (Å²) in [5.74, 6) is 0.613. The van der Waals surface area contributed by atoms with Gasteiger partial charge < -0.3 is 0 Å². The number of benzene rings is 1. The summed E-state index contributed by atoms with van der Waals surface area (Å²) in [4.78, 5) is 11.2. The van der Waals surface area contributed by atoms with Crippen molar-refractivity contribution in [2.24, 2.45) is 7.05 Å². The maximum Gasteiger partial charge on any atom is 0.343 e. The van der Waals surface area contributed by atoms with Crippen LogP contribution in [0.15, 0.2) is 34.2 Å². The molecule has 0 saturated carbocycles. The molecule has 0 bridgehead atoms. The van der Waals surface area contributed by atoms with Crippen LogP contribution >= 0.6 is 11.8 Å². The van der Waals surface area contributed by atoms with Crippen molar-refractivity contribution in [3.8, 4) is 6.07 Å². The molecule has 86 valence electrons. The summed E-state index contributed by atoms with van der Waals surface area (Å²) in [5, 5.41) is 15.8. The zero-order valence-electron chi connectivity index (χ0n) is 9.17. The van der Waals surface area contributed by atoms with Gasteiger partial charge in [0.25, 0.3) is 0 Å². The van der Waals surface area contributed by atoms with Gasteiger partial charge in [0.15, 0.2) is 5.16 Å². The van der Waals surface area contributed by atoms with Crippen LogP contribution in [0.5, 0.6) is 0 Å². The Balaban J connectivity index is 2.16. The van der Waals surface area contributed by atoms with Gasteiger partial charge in [-0.2, -0.15) is 5.26 Å². The molecule has 2 rings (SSSR count). The first kappa shape index (κ1) is 11.5. The van der Waals surface area contributed by atoms with Crippen molar-refractivity contribution >= 4 is 11.8 Å². The largest absolute Gasteiger partial charge is 0.343 e. The first-order chi connectivity index (χ1) is 8.22. The molecular formula is C11H10N4OS. The van der Waals surface area contributed by atoms with Crippen molar-refractivity contribution in [2.45, 2.75) is 10.9 Å². The summed E-state index contributed by atoms with van der Waals surface area (Å²) >= 11 is 1.42. The molecule has 0 saturated heterocycles. The first-order valence-electron chi connectivity index (χ1n) is 4.94. The zero-order valence-corrected chi connectivity index (χ0v) is 9.99. The van der Waals surface area contributed by atoms with Gasteiger partial charge in [-0.3, -0.25) is 4.57 Å². The molecule has 0 unspecified atom stereocenters. The highest BCUT2D eigenvalue weighted by molar-refractivity contribution is 7.98. The van der Waals surface area contributed by atoms with Crippen molar-refractivity contribution in [3.63, 3.8) is 0 Å². The lowest BCUT2D eigenvalue weighted by Crippen LogP contribution is -2.12. The van der Waals surface area contributed by atoms with Gasteiger partial charge in [0.1, 0.15) is 0 Å². The molecule has 5 nitrogen and oxygen atoms in total.